The van der Waals surface area contributed by atoms with Crippen LogP contribution < -0.4 is 5.32 Å². The summed E-state index contributed by atoms with van der Waals surface area (Å²) >= 11 is 0. The van der Waals surface area contributed by atoms with Crippen molar-refractivity contribution in [2.45, 2.75) is 45.4 Å². The highest BCUT2D eigenvalue weighted by molar-refractivity contribution is 5.95. The summed E-state index contributed by atoms with van der Waals surface area (Å²) in [5, 5.41) is 2.84. The van der Waals surface area contributed by atoms with Gasteiger partial charge < -0.3 is 15.0 Å². The summed E-state index contributed by atoms with van der Waals surface area (Å²) in [6.45, 7) is 1.63. The molecule has 0 radical (unpaired) electrons. The van der Waals surface area contributed by atoms with Gasteiger partial charge in [-0.3, -0.25) is 14.4 Å². The number of ether oxygens (including phenoxy) is 1. The molecule has 2 aliphatic carbocycles. The van der Waals surface area contributed by atoms with Crippen LogP contribution >= 0.6 is 0 Å². The Kier molecular flexibility index (Phi) is 6.70. The van der Waals surface area contributed by atoms with Gasteiger partial charge in [0, 0.05) is 19.2 Å². The third kappa shape index (κ3) is 5.12. The van der Waals surface area contributed by atoms with Crippen LogP contribution in [0.4, 0.5) is 5.69 Å². The van der Waals surface area contributed by atoms with Crippen LogP contribution in [0.1, 0.15) is 44.6 Å². The summed E-state index contributed by atoms with van der Waals surface area (Å²) in [6.07, 6.45) is 6.10. The number of benzene rings is 1. The largest absolute Gasteiger partial charge is 0.456 e. The first-order chi connectivity index (χ1) is 13.5. The van der Waals surface area contributed by atoms with Gasteiger partial charge in [-0.1, -0.05) is 31.5 Å². The maximum atomic E-state index is 12.2. The van der Waals surface area contributed by atoms with E-state index in [-0.39, 0.29) is 30.9 Å². The van der Waals surface area contributed by atoms with Crippen molar-refractivity contribution in [2.75, 3.05) is 25.5 Å². The summed E-state index contributed by atoms with van der Waals surface area (Å²) in [5.74, 6) is 0.909. The van der Waals surface area contributed by atoms with Crippen LogP contribution in [0, 0.1) is 17.8 Å². The molecule has 152 valence electrons. The molecular formula is C22H30N2O4. The van der Waals surface area contributed by atoms with E-state index in [9.17, 15) is 14.4 Å². The second-order valence-electron chi connectivity index (χ2n) is 8.11. The van der Waals surface area contributed by atoms with Gasteiger partial charge in [0.1, 0.15) is 0 Å². The number of aryl methyl sites for hydroxylation is 1. The third-order valence-corrected chi connectivity index (χ3v) is 6.15. The van der Waals surface area contributed by atoms with Crippen LogP contribution in [0.2, 0.25) is 0 Å². The van der Waals surface area contributed by atoms with Gasteiger partial charge >= 0.3 is 5.97 Å². The highest BCUT2D eigenvalue weighted by Crippen LogP contribution is 2.49. The normalized spacial score (nSPS) is 22.7. The molecule has 0 spiro atoms. The molecule has 0 aromatic heterocycles. The third-order valence-electron chi connectivity index (χ3n) is 6.15. The minimum Gasteiger partial charge on any atom is -0.456 e. The first-order valence-corrected chi connectivity index (χ1v) is 10.2. The zero-order chi connectivity index (χ0) is 20.1. The van der Waals surface area contributed by atoms with Crippen molar-refractivity contribution >= 4 is 23.5 Å². The molecule has 0 aliphatic heterocycles. The number of esters is 1. The van der Waals surface area contributed by atoms with E-state index in [1.165, 1.54) is 31.2 Å². The predicted molar refractivity (Wildman–Crippen MR) is 107 cm³/mol. The van der Waals surface area contributed by atoms with E-state index in [2.05, 4.69) is 5.32 Å². The van der Waals surface area contributed by atoms with Crippen molar-refractivity contribution in [2.24, 2.45) is 17.8 Å². The first kappa shape index (κ1) is 20.4. The number of rotatable bonds is 8. The zero-order valence-corrected chi connectivity index (χ0v) is 16.8. The van der Waals surface area contributed by atoms with Crippen LogP contribution in [0.15, 0.2) is 24.3 Å². The van der Waals surface area contributed by atoms with Crippen LogP contribution in [0.5, 0.6) is 0 Å². The van der Waals surface area contributed by atoms with Gasteiger partial charge in [0.25, 0.3) is 5.91 Å². The van der Waals surface area contributed by atoms with Gasteiger partial charge in [0.05, 0.1) is 6.54 Å². The number of para-hydroxylation sites is 1. The minimum absolute atomic E-state index is 0.0825. The van der Waals surface area contributed by atoms with Crippen molar-refractivity contribution in [3.63, 3.8) is 0 Å². The van der Waals surface area contributed by atoms with Gasteiger partial charge in [0.15, 0.2) is 6.61 Å². The lowest BCUT2D eigenvalue weighted by Gasteiger charge is -2.21. The molecule has 0 saturated heterocycles. The molecule has 2 saturated carbocycles. The van der Waals surface area contributed by atoms with Gasteiger partial charge in [-0.15, -0.1) is 0 Å². The van der Waals surface area contributed by atoms with Gasteiger partial charge in [-0.2, -0.15) is 0 Å². The molecule has 28 heavy (non-hydrogen) atoms. The molecule has 6 nitrogen and oxygen atoms in total. The van der Waals surface area contributed by atoms with E-state index in [1.807, 2.05) is 31.2 Å². The topological polar surface area (TPSA) is 75.7 Å². The Morgan fingerprint density at radius 2 is 1.96 bits per heavy atom. The van der Waals surface area contributed by atoms with E-state index in [4.69, 9.17) is 4.74 Å². The molecule has 2 aliphatic rings. The van der Waals surface area contributed by atoms with Crippen molar-refractivity contribution in [1.29, 1.82) is 0 Å². The molecule has 0 unspecified atom stereocenters. The maximum Gasteiger partial charge on any atom is 0.306 e. The summed E-state index contributed by atoms with van der Waals surface area (Å²) in [6, 6.07) is 7.59. The van der Waals surface area contributed by atoms with Crippen LogP contribution in [0.25, 0.3) is 0 Å². The average Bonchev–Trinajstić information content (AvgIpc) is 3.29. The van der Waals surface area contributed by atoms with E-state index >= 15 is 0 Å². The summed E-state index contributed by atoms with van der Waals surface area (Å²) in [5.41, 5.74) is 1.80. The lowest BCUT2D eigenvalue weighted by Crippen LogP contribution is -2.37. The SMILES string of the molecule is CCc1ccccc1NC(=O)CN(C)C(=O)COC(=O)C[C@H]1C[C@@H]2CC[C@@H]1C2. The quantitative estimate of drug-likeness (QED) is 0.697. The highest BCUT2D eigenvalue weighted by atomic mass is 16.5. The first-order valence-electron chi connectivity index (χ1n) is 10.2. The fraction of sp³-hybridized carbons (Fsp3) is 0.591. The van der Waals surface area contributed by atoms with Crippen molar-refractivity contribution in [3.05, 3.63) is 29.8 Å². The molecule has 1 aromatic rings. The number of likely N-dealkylation sites (N-methyl/N-ethyl adjacent to an activating group) is 1. The van der Waals surface area contributed by atoms with Gasteiger partial charge in [-0.25, -0.2) is 0 Å². The molecule has 0 heterocycles. The molecule has 2 fully saturated rings. The Morgan fingerprint density at radius 3 is 2.64 bits per heavy atom. The van der Waals surface area contributed by atoms with Crippen LogP contribution in [0.3, 0.4) is 0 Å². The number of hydrogen-bond acceptors (Lipinski definition) is 4. The van der Waals surface area contributed by atoms with E-state index in [0.29, 0.717) is 18.3 Å². The number of carbonyl (C=O) groups is 3. The number of carbonyl (C=O) groups excluding carboxylic acids is 3. The fourth-order valence-corrected chi connectivity index (χ4v) is 4.60. The lowest BCUT2D eigenvalue weighted by molar-refractivity contribution is -0.152. The molecule has 1 aromatic carbocycles. The Balaban J connectivity index is 1.39. The highest BCUT2D eigenvalue weighted by Gasteiger charge is 2.40. The minimum atomic E-state index is -0.375. The van der Waals surface area contributed by atoms with Crippen molar-refractivity contribution in [3.8, 4) is 0 Å². The molecule has 2 amide bonds. The van der Waals surface area contributed by atoms with Crippen LogP contribution in [-0.2, 0) is 25.5 Å². The van der Waals surface area contributed by atoms with Gasteiger partial charge in [0.2, 0.25) is 5.91 Å². The average molecular weight is 386 g/mol. The van der Waals surface area contributed by atoms with Crippen LogP contribution in [-0.4, -0.2) is 42.9 Å². The maximum absolute atomic E-state index is 12.2. The Morgan fingerprint density at radius 1 is 1.18 bits per heavy atom. The van der Waals surface area contributed by atoms with E-state index < -0.39 is 0 Å². The fourth-order valence-electron chi connectivity index (χ4n) is 4.60. The van der Waals surface area contributed by atoms with E-state index in [0.717, 1.165) is 30.0 Å². The Labute approximate surface area is 166 Å². The number of hydrogen-bond donors (Lipinski definition) is 1. The molecular weight excluding hydrogens is 356 g/mol. The summed E-state index contributed by atoms with van der Waals surface area (Å²) < 4.78 is 5.17. The summed E-state index contributed by atoms with van der Waals surface area (Å²) in [7, 11) is 1.54. The number of anilines is 1. The molecule has 1 N–H and O–H groups in total. The number of nitrogens with zero attached hydrogens (tertiary/aromatic N) is 1. The monoisotopic (exact) mass is 386 g/mol. The summed E-state index contributed by atoms with van der Waals surface area (Å²) in [4.78, 5) is 37.8. The second-order valence-corrected chi connectivity index (χ2v) is 8.11. The molecule has 6 heteroatoms. The van der Waals surface area contributed by atoms with Crippen molar-refractivity contribution < 1.29 is 19.1 Å². The zero-order valence-electron chi connectivity index (χ0n) is 16.8. The molecule has 2 bridgehead atoms. The Hall–Kier alpha value is -2.37. The standard InChI is InChI=1S/C22H30N2O4/c1-3-16-6-4-5-7-19(16)23-20(25)13-24(2)21(26)14-28-22(27)12-18-11-15-8-9-17(18)10-15/h4-7,15,17-18H,3,8-14H2,1-2H3,(H,23,25)/t15-,17-,18-/m1/s1. The second kappa shape index (κ2) is 9.22. The lowest BCUT2D eigenvalue weighted by atomic mass is 9.86. The number of fused-ring (bicyclic) bond motifs is 2. The number of amides is 2. The van der Waals surface area contributed by atoms with E-state index in [1.54, 1.807) is 0 Å². The number of nitrogens with one attached hydrogen (secondary N) is 1. The molecule has 3 atom stereocenters. The molecule has 3 rings (SSSR count). The van der Waals surface area contributed by atoms with Gasteiger partial charge in [-0.05, 0) is 55.1 Å². The smallest absolute Gasteiger partial charge is 0.306 e. The predicted octanol–water partition coefficient (Wildman–Crippen LogP) is 3.02. The Bertz CT molecular complexity index is 733. The van der Waals surface area contributed by atoms with Crippen molar-refractivity contribution in [1.82, 2.24) is 4.90 Å².